The van der Waals surface area contributed by atoms with Gasteiger partial charge in [0, 0.05) is 43.5 Å². The molecule has 0 bridgehead atoms. The zero-order chi connectivity index (χ0) is 22.1. The van der Waals surface area contributed by atoms with E-state index in [9.17, 15) is 4.79 Å². The van der Waals surface area contributed by atoms with Crippen molar-refractivity contribution >= 4 is 17.4 Å². The Hall–Kier alpha value is -2.27. The van der Waals surface area contributed by atoms with E-state index in [-0.39, 0.29) is 24.2 Å². The lowest BCUT2D eigenvalue weighted by atomic mass is 9.99. The molecule has 10 heteroatoms. The lowest BCUT2D eigenvalue weighted by Crippen LogP contribution is -2.50. The molecule has 2 fully saturated rings. The molecule has 0 aromatic carbocycles. The number of likely N-dealkylation sites (tertiary alicyclic amines) is 1. The third-order valence-electron chi connectivity index (χ3n) is 6.28. The van der Waals surface area contributed by atoms with E-state index in [4.69, 9.17) is 26.3 Å². The number of hydrogen-bond donors (Lipinski definition) is 3. The molecule has 5 N–H and O–H groups in total. The van der Waals surface area contributed by atoms with E-state index in [1.807, 2.05) is 31.0 Å². The SMILES string of the molecule is CNC(C)OC(N)C(=O)N1CCCC[C@H]1c1cc2nc(N3CC[C@H](N)C3)c(C)cn2n1. The highest BCUT2D eigenvalue weighted by atomic mass is 16.5. The van der Waals surface area contributed by atoms with Crippen molar-refractivity contribution in [2.75, 3.05) is 31.6 Å². The number of hydrogen-bond acceptors (Lipinski definition) is 8. The third-order valence-corrected chi connectivity index (χ3v) is 6.28. The summed E-state index contributed by atoms with van der Waals surface area (Å²) in [7, 11) is 1.77. The second-order valence-electron chi connectivity index (χ2n) is 8.65. The summed E-state index contributed by atoms with van der Waals surface area (Å²) in [5.74, 6) is 0.750. The molecular formula is C21H34N8O2. The van der Waals surface area contributed by atoms with E-state index in [0.717, 1.165) is 61.5 Å². The number of nitrogens with one attached hydrogen (secondary N) is 1. The predicted molar refractivity (Wildman–Crippen MR) is 118 cm³/mol. The van der Waals surface area contributed by atoms with Crippen molar-refractivity contribution < 1.29 is 9.53 Å². The van der Waals surface area contributed by atoms with Crippen molar-refractivity contribution in [3.63, 3.8) is 0 Å². The second kappa shape index (κ2) is 9.07. The average Bonchev–Trinajstić information content (AvgIpc) is 3.38. The number of rotatable bonds is 6. The molecule has 2 aliphatic rings. The highest BCUT2D eigenvalue weighted by Crippen LogP contribution is 2.32. The van der Waals surface area contributed by atoms with Crippen molar-refractivity contribution in [3.8, 4) is 0 Å². The molecular weight excluding hydrogens is 396 g/mol. The summed E-state index contributed by atoms with van der Waals surface area (Å²) in [5, 5.41) is 7.71. The highest BCUT2D eigenvalue weighted by Gasteiger charge is 2.33. The Morgan fingerprint density at radius 3 is 2.84 bits per heavy atom. The first-order valence-electron chi connectivity index (χ1n) is 11.1. The fourth-order valence-electron chi connectivity index (χ4n) is 4.49. The van der Waals surface area contributed by atoms with Gasteiger partial charge in [0.2, 0.25) is 0 Å². The molecule has 2 aromatic heterocycles. The number of carbonyl (C=O) groups excluding carboxylic acids is 1. The van der Waals surface area contributed by atoms with Gasteiger partial charge in [-0.3, -0.25) is 15.8 Å². The molecule has 2 unspecified atom stereocenters. The normalized spacial score (nSPS) is 24.0. The molecule has 1 amide bonds. The average molecular weight is 431 g/mol. The summed E-state index contributed by atoms with van der Waals surface area (Å²) in [4.78, 5) is 22.0. The van der Waals surface area contributed by atoms with Crippen LogP contribution in [0.2, 0.25) is 0 Å². The van der Waals surface area contributed by atoms with Crippen molar-refractivity contribution in [1.29, 1.82) is 0 Å². The topological polar surface area (TPSA) is 127 Å². The molecule has 31 heavy (non-hydrogen) atoms. The number of ether oxygens (including phenoxy) is 1. The first kappa shape index (κ1) is 21.9. The molecule has 0 aliphatic carbocycles. The number of amides is 1. The Morgan fingerprint density at radius 1 is 1.32 bits per heavy atom. The maximum atomic E-state index is 13.0. The molecule has 0 spiro atoms. The first-order valence-corrected chi connectivity index (χ1v) is 11.1. The zero-order valence-corrected chi connectivity index (χ0v) is 18.6. The van der Waals surface area contributed by atoms with Crippen molar-refractivity contribution in [3.05, 3.63) is 23.5 Å². The van der Waals surface area contributed by atoms with Gasteiger partial charge in [0.1, 0.15) is 12.0 Å². The van der Waals surface area contributed by atoms with Gasteiger partial charge in [-0.2, -0.15) is 5.10 Å². The minimum Gasteiger partial charge on any atom is -0.355 e. The maximum Gasteiger partial charge on any atom is 0.267 e. The van der Waals surface area contributed by atoms with Gasteiger partial charge in [-0.1, -0.05) is 0 Å². The van der Waals surface area contributed by atoms with Gasteiger partial charge in [0.25, 0.3) is 5.91 Å². The van der Waals surface area contributed by atoms with Crippen LogP contribution in [-0.2, 0) is 9.53 Å². The zero-order valence-electron chi connectivity index (χ0n) is 18.6. The molecule has 4 atom stereocenters. The Labute approximate surface area is 182 Å². The van der Waals surface area contributed by atoms with E-state index in [0.29, 0.717) is 6.54 Å². The minimum atomic E-state index is -1.01. The van der Waals surface area contributed by atoms with Crippen LogP contribution < -0.4 is 21.7 Å². The largest absolute Gasteiger partial charge is 0.355 e. The number of fused-ring (bicyclic) bond motifs is 1. The first-order chi connectivity index (χ1) is 14.9. The number of anilines is 1. The summed E-state index contributed by atoms with van der Waals surface area (Å²) in [6.07, 6.45) is 4.49. The third kappa shape index (κ3) is 4.52. The van der Waals surface area contributed by atoms with Gasteiger partial charge in [-0.25, -0.2) is 9.50 Å². The molecule has 0 saturated carbocycles. The molecule has 0 radical (unpaired) electrons. The van der Waals surface area contributed by atoms with E-state index in [2.05, 4.69) is 10.2 Å². The van der Waals surface area contributed by atoms with Crippen LogP contribution in [-0.4, -0.2) is 70.6 Å². The monoisotopic (exact) mass is 430 g/mol. The lowest BCUT2D eigenvalue weighted by molar-refractivity contribution is -0.151. The fraction of sp³-hybridized carbons (Fsp3) is 0.667. The van der Waals surface area contributed by atoms with Crippen LogP contribution in [0.3, 0.4) is 0 Å². The van der Waals surface area contributed by atoms with Gasteiger partial charge >= 0.3 is 0 Å². The van der Waals surface area contributed by atoms with Crippen LogP contribution in [0.5, 0.6) is 0 Å². The predicted octanol–water partition coefficient (Wildman–Crippen LogP) is 0.496. The van der Waals surface area contributed by atoms with Crippen LogP contribution in [0, 0.1) is 6.92 Å². The summed E-state index contributed by atoms with van der Waals surface area (Å²) >= 11 is 0. The summed E-state index contributed by atoms with van der Waals surface area (Å²) in [6, 6.07) is 2.04. The number of aromatic nitrogens is 3. The molecule has 2 saturated heterocycles. The van der Waals surface area contributed by atoms with Crippen LogP contribution in [0.15, 0.2) is 12.3 Å². The molecule has 10 nitrogen and oxygen atoms in total. The lowest BCUT2D eigenvalue weighted by Gasteiger charge is -2.36. The fourth-order valence-corrected chi connectivity index (χ4v) is 4.49. The van der Waals surface area contributed by atoms with Crippen LogP contribution >= 0.6 is 0 Å². The highest BCUT2D eigenvalue weighted by molar-refractivity contribution is 5.81. The van der Waals surface area contributed by atoms with E-state index >= 15 is 0 Å². The maximum absolute atomic E-state index is 13.0. The smallest absolute Gasteiger partial charge is 0.267 e. The standard InChI is InChI=1S/C21H34N8O2/c1-13-11-29-18(25-20(13)27-9-7-15(22)12-27)10-16(26-29)17-6-4-5-8-28(17)21(30)19(23)31-14(2)24-3/h10-11,14-15,17,19,24H,4-9,12,22-23H2,1-3H3/t14?,15-,17-,19?/m0/s1. The number of aryl methyl sites for hydroxylation is 1. The summed E-state index contributed by atoms with van der Waals surface area (Å²) in [5.41, 5.74) is 14.8. The Bertz CT molecular complexity index is 931. The number of nitrogens with zero attached hydrogens (tertiary/aromatic N) is 5. The van der Waals surface area contributed by atoms with E-state index in [1.165, 1.54) is 0 Å². The van der Waals surface area contributed by atoms with E-state index < -0.39 is 6.23 Å². The van der Waals surface area contributed by atoms with Crippen LogP contribution in [0.1, 0.15) is 49.9 Å². The number of piperidine rings is 1. The van der Waals surface area contributed by atoms with Crippen molar-refractivity contribution in [2.45, 2.75) is 64.1 Å². The molecule has 4 heterocycles. The van der Waals surface area contributed by atoms with Crippen molar-refractivity contribution in [1.82, 2.24) is 24.8 Å². The molecule has 4 rings (SSSR count). The Balaban J connectivity index is 1.59. The van der Waals surface area contributed by atoms with Gasteiger partial charge < -0.3 is 20.3 Å². The van der Waals surface area contributed by atoms with Crippen LogP contribution in [0.25, 0.3) is 5.65 Å². The van der Waals surface area contributed by atoms with Crippen molar-refractivity contribution in [2.24, 2.45) is 11.5 Å². The Morgan fingerprint density at radius 2 is 2.13 bits per heavy atom. The van der Waals surface area contributed by atoms with Gasteiger partial charge in [0.15, 0.2) is 11.9 Å². The molecule has 2 aromatic rings. The van der Waals surface area contributed by atoms with Gasteiger partial charge in [-0.05, 0) is 46.6 Å². The molecule has 170 valence electrons. The second-order valence-corrected chi connectivity index (χ2v) is 8.65. The van der Waals surface area contributed by atoms with Gasteiger partial charge in [-0.15, -0.1) is 0 Å². The molecule has 2 aliphatic heterocycles. The van der Waals surface area contributed by atoms with E-state index in [1.54, 1.807) is 11.6 Å². The number of carbonyl (C=O) groups is 1. The minimum absolute atomic E-state index is 0.133. The summed E-state index contributed by atoms with van der Waals surface area (Å²) < 4.78 is 7.38. The Kier molecular flexibility index (Phi) is 6.42. The summed E-state index contributed by atoms with van der Waals surface area (Å²) in [6.45, 7) is 6.25. The van der Waals surface area contributed by atoms with Crippen LogP contribution in [0.4, 0.5) is 5.82 Å². The van der Waals surface area contributed by atoms with Gasteiger partial charge in [0.05, 0.1) is 11.7 Å². The number of nitrogens with two attached hydrogens (primary N) is 2. The quantitative estimate of drug-likeness (QED) is 0.565.